The lowest BCUT2D eigenvalue weighted by Crippen LogP contribution is -2.35. The van der Waals surface area contributed by atoms with Crippen LogP contribution in [0, 0.1) is 0 Å². The van der Waals surface area contributed by atoms with Gasteiger partial charge in [-0.1, -0.05) is 35.9 Å². The summed E-state index contributed by atoms with van der Waals surface area (Å²) in [6, 6.07) is 9.36. The van der Waals surface area contributed by atoms with Crippen molar-refractivity contribution < 1.29 is 5.11 Å². The predicted molar refractivity (Wildman–Crippen MR) is 70.2 cm³/mol. The van der Waals surface area contributed by atoms with E-state index in [4.69, 9.17) is 11.6 Å². The van der Waals surface area contributed by atoms with Gasteiger partial charge in [0.1, 0.15) is 10.8 Å². The summed E-state index contributed by atoms with van der Waals surface area (Å²) < 4.78 is 0.581. The summed E-state index contributed by atoms with van der Waals surface area (Å²) in [7, 11) is 6.07. The molecule has 2 aromatic rings. The number of nitrogens with zero attached hydrogens (tertiary/aromatic N) is 1. The molecule has 0 amide bonds. The van der Waals surface area contributed by atoms with Crippen LogP contribution in [0.15, 0.2) is 30.3 Å². The summed E-state index contributed by atoms with van der Waals surface area (Å²) in [5.41, 5.74) is 0.915. The third-order valence-electron chi connectivity index (χ3n) is 2.66. The lowest BCUT2D eigenvalue weighted by atomic mass is 10.1. The maximum absolute atomic E-state index is 9.97. The van der Waals surface area contributed by atoms with Crippen LogP contribution < -0.4 is 4.48 Å². The van der Waals surface area contributed by atoms with Crippen LogP contribution in [0.2, 0.25) is 5.02 Å². The maximum Gasteiger partial charge on any atom is 0.155 e. The van der Waals surface area contributed by atoms with E-state index in [1.807, 2.05) is 45.4 Å². The fourth-order valence-electron chi connectivity index (χ4n) is 1.79. The van der Waals surface area contributed by atoms with Gasteiger partial charge in [-0.05, 0) is 0 Å². The molecule has 1 N–H and O–H groups in total. The summed E-state index contributed by atoms with van der Waals surface area (Å²) in [6.45, 7) is 0. The van der Waals surface area contributed by atoms with Crippen LogP contribution in [-0.2, 0) is 0 Å². The fraction of sp³-hybridized carbons (Fsp3) is 0.231. The highest BCUT2D eigenvalue weighted by Crippen LogP contribution is 2.39. The van der Waals surface area contributed by atoms with Crippen molar-refractivity contribution in [1.29, 1.82) is 0 Å². The van der Waals surface area contributed by atoms with E-state index >= 15 is 0 Å². The Morgan fingerprint density at radius 2 is 1.62 bits per heavy atom. The second kappa shape index (κ2) is 3.65. The fourth-order valence-corrected chi connectivity index (χ4v) is 2.27. The van der Waals surface area contributed by atoms with E-state index < -0.39 is 0 Å². The number of phenolic OH excluding ortho intramolecular Hbond substituents is 1. The molecule has 0 saturated carbocycles. The Kier molecular flexibility index (Phi) is 2.56. The van der Waals surface area contributed by atoms with Gasteiger partial charge in [0.25, 0.3) is 0 Å². The molecule has 0 unspecified atom stereocenters. The van der Waals surface area contributed by atoms with E-state index in [1.54, 1.807) is 6.07 Å². The lowest BCUT2D eigenvalue weighted by molar-refractivity contribution is 0.465. The molecule has 2 rings (SSSR count). The van der Waals surface area contributed by atoms with Crippen molar-refractivity contribution in [3.8, 4) is 5.75 Å². The molecule has 0 heterocycles. The molecule has 0 aliphatic heterocycles. The van der Waals surface area contributed by atoms with Gasteiger partial charge in [-0.3, -0.25) is 4.48 Å². The molecule has 0 aliphatic carbocycles. The molecule has 0 aromatic heterocycles. The van der Waals surface area contributed by atoms with E-state index in [-0.39, 0.29) is 5.75 Å². The molecule has 0 aliphatic rings. The zero-order valence-corrected chi connectivity index (χ0v) is 10.4. The minimum Gasteiger partial charge on any atom is -0.507 e. The first-order valence-electron chi connectivity index (χ1n) is 5.13. The largest absolute Gasteiger partial charge is 0.507 e. The van der Waals surface area contributed by atoms with Crippen LogP contribution in [0.1, 0.15) is 0 Å². The van der Waals surface area contributed by atoms with E-state index in [0.29, 0.717) is 9.51 Å². The highest BCUT2D eigenvalue weighted by Gasteiger charge is 2.20. The van der Waals surface area contributed by atoms with Crippen LogP contribution >= 0.6 is 11.6 Å². The van der Waals surface area contributed by atoms with Gasteiger partial charge in [0.2, 0.25) is 0 Å². The highest BCUT2D eigenvalue weighted by atomic mass is 35.5. The molecule has 84 valence electrons. The highest BCUT2D eigenvalue weighted by molar-refractivity contribution is 6.38. The predicted octanol–water partition coefficient (Wildman–Crippen LogP) is 3.40. The summed E-state index contributed by atoms with van der Waals surface area (Å²) in [6.07, 6.45) is 0. The number of fused-ring (bicyclic) bond motifs is 1. The quantitative estimate of drug-likeness (QED) is 0.753. The Hall–Kier alpha value is -1.25. The zero-order valence-electron chi connectivity index (χ0n) is 9.66. The van der Waals surface area contributed by atoms with Gasteiger partial charge in [0, 0.05) is 16.8 Å². The van der Waals surface area contributed by atoms with Crippen molar-refractivity contribution in [2.24, 2.45) is 0 Å². The molecule has 0 radical (unpaired) electrons. The van der Waals surface area contributed by atoms with Crippen molar-refractivity contribution in [2.45, 2.75) is 0 Å². The number of aromatic hydroxyl groups is 1. The number of quaternary nitrogens is 1. The van der Waals surface area contributed by atoms with E-state index in [2.05, 4.69) is 0 Å². The maximum atomic E-state index is 9.97. The topological polar surface area (TPSA) is 20.2 Å². The Bertz CT molecular complexity index is 543. The Balaban J connectivity index is 2.86. The molecule has 0 saturated heterocycles. The van der Waals surface area contributed by atoms with Gasteiger partial charge in [-0.25, -0.2) is 0 Å². The number of phenols is 1. The second-order valence-electron chi connectivity index (χ2n) is 4.79. The summed E-state index contributed by atoms with van der Waals surface area (Å²) in [5.74, 6) is 0.281. The average Bonchev–Trinajstić information content (AvgIpc) is 2.22. The Labute approximate surface area is 100 Å². The van der Waals surface area contributed by atoms with Crippen molar-refractivity contribution in [1.82, 2.24) is 4.48 Å². The van der Waals surface area contributed by atoms with Crippen molar-refractivity contribution in [3.05, 3.63) is 35.4 Å². The van der Waals surface area contributed by atoms with Gasteiger partial charge in [0.05, 0.1) is 21.1 Å². The third-order valence-corrected chi connectivity index (χ3v) is 3.06. The van der Waals surface area contributed by atoms with Crippen LogP contribution in [0.25, 0.3) is 10.8 Å². The van der Waals surface area contributed by atoms with Crippen molar-refractivity contribution >= 4 is 28.1 Å². The van der Waals surface area contributed by atoms with Crippen LogP contribution in [-0.4, -0.2) is 26.2 Å². The molecule has 16 heavy (non-hydrogen) atoms. The smallest absolute Gasteiger partial charge is 0.155 e. The molecule has 2 nitrogen and oxygen atoms in total. The minimum atomic E-state index is 0.281. The molecule has 0 bridgehead atoms. The molecule has 0 atom stereocenters. The van der Waals surface area contributed by atoms with E-state index in [1.165, 1.54) is 0 Å². The van der Waals surface area contributed by atoms with E-state index in [0.717, 1.165) is 16.5 Å². The summed E-state index contributed by atoms with van der Waals surface area (Å²) in [4.78, 5) is 0. The Morgan fingerprint density at radius 1 is 1.06 bits per heavy atom. The van der Waals surface area contributed by atoms with Gasteiger partial charge in [-0.15, -0.1) is 0 Å². The van der Waals surface area contributed by atoms with Gasteiger partial charge >= 0.3 is 0 Å². The van der Waals surface area contributed by atoms with E-state index in [9.17, 15) is 5.11 Å². The van der Waals surface area contributed by atoms with Gasteiger partial charge in [0.15, 0.2) is 5.69 Å². The molecular weight excluding hydrogens is 222 g/mol. The van der Waals surface area contributed by atoms with Gasteiger partial charge < -0.3 is 5.11 Å². The zero-order chi connectivity index (χ0) is 11.9. The minimum absolute atomic E-state index is 0.281. The number of halogens is 1. The molecular formula is C13H15ClNO+. The first-order valence-corrected chi connectivity index (χ1v) is 5.51. The molecule has 0 fully saturated rings. The summed E-state index contributed by atoms with van der Waals surface area (Å²) >= 11 is 6.37. The van der Waals surface area contributed by atoms with Gasteiger partial charge in [-0.2, -0.15) is 0 Å². The van der Waals surface area contributed by atoms with Crippen molar-refractivity contribution in [2.75, 3.05) is 21.1 Å². The van der Waals surface area contributed by atoms with Crippen LogP contribution in [0.4, 0.5) is 5.69 Å². The third kappa shape index (κ3) is 1.75. The first kappa shape index (κ1) is 11.2. The number of hydrogen-bond acceptors (Lipinski definition) is 1. The number of rotatable bonds is 1. The number of hydrogen-bond donors (Lipinski definition) is 1. The SMILES string of the molecule is C[N+](C)(C)c1cc(O)c2ccccc2c1Cl. The first-order chi connectivity index (χ1) is 7.41. The summed E-state index contributed by atoms with van der Waals surface area (Å²) in [5, 5.41) is 12.4. The van der Waals surface area contributed by atoms with Crippen molar-refractivity contribution in [3.63, 3.8) is 0 Å². The number of benzene rings is 2. The molecule has 2 aromatic carbocycles. The standard InChI is InChI=1S/C13H14ClNO/c1-15(2,3)11-8-12(16)9-6-4-5-7-10(9)13(11)14/h4-8H,1-3H3/p+1. The Morgan fingerprint density at radius 3 is 2.19 bits per heavy atom. The molecule has 3 heteroatoms. The molecule has 0 spiro atoms. The normalized spacial score (nSPS) is 12.0. The monoisotopic (exact) mass is 236 g/mol. The van der Waals surface area contributed by atoms with Crippen LogP contribution in [0.5, 0.6) is 5.75 Å². The second-order valence-corrected chi connectivity index (χ2v) is 5.16. The average molecular weight is 237 g/mol. The lowest BCUT2D eigenvalue weighted by Gasteiger charge is -2.25. The van der Waals surface area contributed by atoms with Crippen LogP contribution in [0.3, 0.4) is 0 Å².